The first-order valence-corrected chi connectivity index (χ1v) is 11.7. The molecule has 0 atom stereocenters. The highest BCUT2D eigenvalue weighted by Crippen LogP contribution is 2.36. The Bertz CT molecular complexity index is 1460. The number of nitrogens with zero attached hydrogens (tertiary/aromatic N) is 3. The molecule has 9 heteroatoms. The zero-order chi connectivity index (χ0) is 24.7. The number of H-pyrrole nitrogens is 1. The van der Waals surface area contributed by atoms with Crippen LogP contribution in [0.2, 0.25) is 0 Å². The van der Waals surface area contributed by atoms with Crippen LogP contribution in [-0.4, -0.2) is 38.4 Å². The average molecular weight is 483 g/mol. The molecule has 0 aliphatic carbocycles. The second-order valence-corrected chi connectivity index (χ2v) is 8.97. The highest BCUT2D eigenvalue weighted by molar-refractivity contribution is 5.83. The number of alkyl halides is 3. The number of carbonyl (C=O) groups is 1. The fourth-order valence-electron chi connectivity index (χ4n) is 4.94. The van der Waals surface area contributed by atoms with Gasteiger partial charge in [0.1, 0.15) is 0 Å². The van der Waals surface area contributed by atoms with Crippen molar-refractivity contribution in [3.05, 3.63) is 75.8 Å². The standard InChI is InChI=1S/C26H25F3N4O2/c1-2-18-8-7-17-14-16(6-9-21(17)30-18)15-23(34)32-12-10-19(11-13-32)33-24-20(26(27,28)29)4-3-5-22(24)31-25(33)35/h3-9,14,19H,2,10-13,15H2,1H3,(H,31,35). The highest BCUT2D eigenvalue weighted by Gasteiger charge is 2.36. The predicted molar refractivity (Wildman–Crippen MR) is 127 cm³/mol. The van der Waals surface area contributed by atoms with Gasteiger partial charge in [-0.15, -0.1) is 0 Å². The van der Waals surface area contributed by atoms with Gasteiger partial charge >= 0.3 is 11.9 Å². The van der Waals surface area contributed by atoms with E-state index in [-0.39, 0.29) is 23.4 Å². The summed E-state index contributed by atoms with van der Waals surface area (Å²) in [6, 6.07) is 13.1. The molecule has 0 unspecified atom stereocenters. The van der Waals surface area contributed by atoms with Crippen molar-refractivity contribution in [3.8, 4) is 0 Å². The largest absolute Gasteiger partial charge is 0.418 e. The Kier molecular flexibility index (Phi) is 5.86. The molecule has 1 saturated heterocycles. The van der Waals surface area contributed by atoms with E-state index in [1.54, 1.807) is 4.90 Å². The molecule has 5 rings (SSSR count). The summed E-state index contributed by atoms with van der Waals surface area (Å²) in [7, 11) is 0. The topological polar surface area (TPSA) is 71.0 Å². The summed E-state index contributed by atoms with van der Waals surface area (Å²) in [4.78, 5) is 34.4. The maximum absolute atomic E-state index is 13.6. The van der Waals surface area contributed by atoms with Crippen LogP contribution < -0.4 is 5.69 Å². The molecular formula is C26H25F3N4O2. The van der Waals surface area contributed by atoms with Gasteiger partial charge in [-0.3, -0.25) is 14.3 Å². The fourth-order valence-corrected chi connectivity index (χ4v) is 4.94. The predicted octanol–water partition coefficient (Wildman–Crippen LogP) is 4.87. The maximum Gasteiger partial charge on any atom is 0.418 e. The Morgan fingerprint density at radius 2 is 1.89 bits per heavy atom. The molecule has 182 valence electrons. The number of hydrogen-bond acceptors (Lipinski definition) is 3. The lowest BCUT2D eigenvalue weighted by molar-refractivity contribution is -0.136. The number of halogens is 3. The number of aromatic nitrogens is 3. The van der Waals surface area contributed by atoms with Gasteiger partial charge in [-0.2, -0.15) is 13.2 Å². The molecule has 6 nitrogen and oxygen atoms in total. The molecule has 2 aromatic heterocycles. The molecule has 1 aliphatic heterocycles. The van der Waals surface area contributed by atoms with E-state index in [1.807, 2.05) is 30.3 Å². The number of benzene rings is 2. The van der Waals surface area contributed by atoms with Gasteiger partial charge in [0.15, 0.2) is 0 Å². The lowest BCUT2D eigenvalue weighted by Crippen LogP contribution is -2.41. The first kappa shape index (κ1) is 23.1. The van der Waals surface area contributed by atoms with E-state index >= 15 is 0 Å². The van der Waals surface area contributed by atoms with Crippen molar-refractivity contribution in [2.75, 3.05) is 13.1 Å². The first-order valence-electron chi connectivity index (χ1n) is 11.7. The van der Waals surface area contributed by atoms with E-state index in [0.717, 1.165) is 34.6 Å². The van der Waals surface area contributed by atoms with E-state index in [1.165, 1.54) is 16.7 Å². The smallest absolute Gasteiger partial charge is 0.342 e. The lowest BCUT2D eigenvalue weighted by atomic mass is 10.0. The number of aryl methyl sites for hydroxylation is 1. The molecule has 0 spiro atoms. The Morgan fingerprint density at radius 3 is 2.60 bits per heavy atom. The van der Waals surface area contributed by atoms with Gasteiger partial charge in [0.05, 0.1) is 28.5 Å². The quantitative estimate of drug-likeness (QED) is 0.451. The van der Waals surface area contributed by atoms with Crippen molar-refractivity contribution in [2.24, 2.45) is 0 Å². The number of rotatable bonds is 4. The number of nitrogens with one attached hydrogen (secondary N) is 1. The molecule has 0 saturated carbocycles. The third kappa shape index (κ3) is 4.42. The van der Waals surface area contributed by atoms with E-state index in [4.69, 9.17) is 0 Å². The van der Waals surface area contributed by atoms with Crippen LogP contribution in [0.3, 0.4) is 0 Å². The zero-order valence-electron chi connectivity index (χ0n) is 19.2. The van der Waals surface area contributed by atoms with Gasteiger partial charge < -0.3 is 9.88 Å². The summed E-state index contributed by atoms with van der Waals surface area (Å²) in [5.41, 5.74) is 1.45. The van der Waals surface area contributed by atoms with Crippen LogP contribution in [0.25, 0.3) is 21.9 Å². The van der Waals surface area contributed by atoms with Gasteiger partial charge in [-0.05, 0) is 55.2 Å². The summed E-state index contributed by atoms with van der Waals surface area (Å²) in [5.74, 6) is -0.0387. The number of imidazole rings is 1. The Hall–Kier alpha value is -3.62. The summed E-state index contributed by atoms with van der Waals surface area (Å²) in [6.07, 6.45) is -2.66. The minimum atomic E-state index is -4.57. The Labute approximate surface area is 199 Å². The number of likely N-dealkylation sites (tertiary alicyclic amines) is 1. The lowest BCUT2D eigenvalue weighted by Gasteiger charge is -2.33. The molecule has 4 aromatic rings. The molecule has 35 heavy (non-hydrogen) atoms. The first-order chi connectivity index (χ1) is 16.7. The van der Waals surface area contributed by atoms with Crippen molar-refractivity contribution in [3.63, 3.8) is 0 Å². The number of carbonyl (C=O) groups excluding carboxylic acids is 1. The number of piperidine rings is 1. The molecule has 1 N–H and O–H groups in total. The molecule has 1 amide bonds. The van der Waals surface area contributed by atoms with Gasteiger partial charge in [0.2, 0.25) is 5.91 Å². The van der Waals surface area contributed by atoms with Crippen molar-refractivity contribution in [2.45, 2.75) is 44.8 Å². The minimum absolute atomic E-state index is 0.0387. The minimum Gasteiger partial charge on any atom is -0.342 e. The summed E-state index contributed by atoms with van der Waals surface area (Å²) < 4.78 is 42.0. The Morgan fingerprint density at radius 1 is 1.11 bits per heavy atom. The van der Waals surface area contributed by atoms with Crippen molar-refractivity contribution < 1.29 is 18.0 Å². The number of pyridine rings is 1. The van der Waals surface area contributed by atoms with Crippen molar-refractivity contribution in [1.29, 1.82) is 0 Å². The molecule has 2 aromatic carbocycles. The Balaban J connectivity index is 1.31. The SMILES string of the molecule is CCc1ccc2cc(CC(=O)N3CCC(n4c(=O)[nH]c5cccc(C(F)(F)F)c54)CC3)ccc2n1. The van der Waals surface area contributed by atoms with Crippen LogP contribution >= 0.6 is 0 Å². The fraction of sp³-hybridized carbons (Fsp3) is 0.346. The van der Waals surface area contributed by atoms with Gasteiger partial charge in [0.25, 0.3) is 0 Å². The molecule has 0 bridgehead atoms. The summed E-state index contributed by atoms with van der Waals surface area (Å²) >= 11 is 0. The molecule has 3 heterocycles. The zero-order valence-corrected chi connectivity index (χ0v) is 19.2. The molecule has 1 fully saturated rings. The van der Waals surface area contributed by atoms with Crippen molar-refractivity contribution >= 4 is 27.8 Å². The van der Waals surface area contributed by atoms with Crippen LogP contribution in [0.4, 0.5) is 13.2 Å². The molecular weight excluding hydrogens is 457 g/mol. The number of para-hydroxylation sites is 1. The third-order valence-corrected chi connectivity index (χ3v) is 6.75. The van der Waals surface area contributed by atoms with Crippen LogP contribution in [0, 0.1) is 0 Å². The third-order valence-electron chi connectivity index (χ3n) is 6.75. The summed E-state index contributed by atoms with van der Waals surface area (Å²) in [6.45, 7) is 2.81. The number of aromatic amines is 1. The second-order valence-electron chi connectivity index (χ2n) is 8.97. The second kappa shape index (κ2) is 8.87. The van der Waals surface area contributed by atoms with Crippen LogP contribution in [0.5, 0.6) is 0 Å². The van der Waals surface area contributed by atoms with Crippen molar-refractivity contribution in [1.82, 2.24) is 19.4 Å². The number of fused-ring (bicyclic) bond motifs is 2. The van der Waals surface area contributed by atoms with E-state index in [9.17, 15) is 22.8 Å². The number of amides is 1. The van der Waals surface area contributed by atoms with E-state index in [2.05, 4.69) is 16.9 Å². The van der Waals surface area contributed by atoms with E-state index < -0.39 is 23.5 Å². The van der Waals surface area contributed by atoms with Gasteiger partial charge in [-0.1, -0.05) is 25.1 Å². The van der Waals surface area contributed by atoms with E-state index in [0.29, 0.717) is 25.9 Å². The number of hydrogen-bond donors (Lipinski definition) is 1. The highest BCUT2D eigenvalue weighted by atomic mass is 19.4. The normalized spacial score (nSPS) is 15.3. The van der Waals surface area contributed by atoms with Gasteiger partial charge in [0, 0.05) is 30.2 Å². The van der Waals surface area contributed by atoms with Crippen LogP contribution in [0.1, 0.15) is 42.6 Å². The monoisotopic (exact) mass is 482 g/mol. The average Bonchev–Trinajstić information content (AvgIpc) is 3.18. The van der Waals surface area contributed by atoms with Gasteiger partial charge in [-0.25, -0.2) is 4.79 Å². The molecule has 0 radical (unpaired) electrons. The molecule has 1 aliphatic rings. The van der Waals surface area contributed by atoms with Crippen LogP contribution in [-0.2, 0) is 23.8 Å². The summed E-state index contributed by atoms with van der Waals surface area (Å²) in [5, 5.41) is 0.977. The maximum atomic E-state index is 13.6. The van der Waals surface area contributed by atoms with Crippen LogP contribution in [0.15, 0.2) is 53.3 Å².